The number of pyridine rings is 1. The minimum Gasteiger partial charge on any atom is -0.497 e. The Balaban J connectivity index is 1.69. The first-order chi connectivity index (χ1) is 15.1. The number of para-hydroxylation sites is 1. The quantitative estimate of drug-likeness (QED) is 0.581. The Kier molecular flexibility index (Phi) is 6.33. The average Bonchev–Trinajstić information content (AvgIpc) is 3.17. The number of amides is 1. The molecule has 31 heavy (non-hydrogen) atoms. The van der Waals surface area contributed by atoms with Crippen LogP contribution < -0.4 is 10.1 Å². The van der Waals surface area contributed by atoms with Gasteiger partial charge < -0.3 is 15.0 Å². The molecule has 1 aliphatic rings. The van der Waals surface area contributed by atoms with Gasteiger partial charge in [0.25, 0.3) is 5.91 Å². The summed E-state index contributed by atoms with van der Waals surface area (Å²) < 4.78 is 5.26. The molecule has 4 rings (SSSR count). The van der Waals surface area contributed by atoms with Gasteiger partial charge in [0.2, 0.25) is 0 Å². The van der Waals surface area contributed by atoms with Crippen LogP contribution in [0.4, 0.5) is 0 Å². The van der Waals surface area contributed by atoms with Crippen molar-refractivity contribution in [1.29, 1.82) is 0 Å². The molecule has 1 N–H and O–H groups in total. The van der Waals surface area contributed by atoms with Gasteiger partial charge in [0.05, 0.1) is 23.9 Å². The number of allylic oxidation sites excluding steroid dienone is 1. The van der Waals surface area contributed by atoms with Crippen LogP contribution in [0, 0.1) is 0 Å². The molecule has 1 heterocycles. The number of nitrogens with one attached hydrogen (secondary N) is 1. The van der Waals surface area contributed by atoms with E-state index in [1.54, 1.807) is 7.11 Å². The van der Waals surface area contributed by atoms with Crippen molar-refractivity contribution in [2.75, 3.05) is 34.3 Å². The molecule has 0 saturated heterocycles. The zero-order chi connectivity index (χ0) is 21.8. The Morgan fingerprint density at radius 2 is 1.90 bits per heavy atom. The summed E-state index contributed by atoms with van der Waals surface area (Å²) in [6.45, 7) is 1.61. The summed E-state index contributed by atoms with van der Waals surface area (Å²) >= 11 is 0. The lowest BCUT2D eigenvalue weighted by atomic mass is 10.00. The molecule has 0 radical (unpaired) electrons. The monoisotopic (exact) mass is 415 g/mol. The minimum absolute atomic E-state index is 0.000645. The smallest absolute Gasteiger partial charge is 0.252 e. The van der Waals surface area contributed by atoms with Crippen LogP contribution >= 0.6 is 0 Å². The lowest BCUT2D eigenvalue weighted by Gasteiger charge is -2.14. The predicted octanol–water partition coefficient (Wildman–Crippen LogP) is 4.41. The van der Waals surface area contributed by atoms with Gasteiger partial charge in [-0.15, -0.1) is 0 Å². The highest BCUT2D eigenvalue weighted by Crippen LogP contribution is 2.37. The number of nitrogens with zero attached hydrogens (tertiary/aromatic N) is 2. The van der Waals surface area contributed by atoms with Crippen LogP contribution in [0.3, 0.4) is 0 Å². The lowest BCUT2D eigenvalue weighted by Crippen LogP contribution is -2.28. The number of carbonyl (C=O) groups excluding carboxylic acids is 1. The van der Waals surface area contributed by atoms with Gasteiger partial charge in [0.1, 0.15) is 5.75 Å². The van der Waals surface area contributed by atoms with Crippen molar-refractivity contribution in [3.8, 4) is 5.75 Å². The van der Waals surface area contributed by atoms with Gasteiger partial charge in [-0.2, -0.15) is 0 Å². The topological polar surface area (TPSA) is 54.5 Å². The van der Waals surface area contributed by atoms with Crippen LogP contribution in [0.25, 0.3) is 22.6 Å². The molecule has 5 heteroatoms. The van der Waals surface area contributed by atoms with Gasteiger partial charge in [-0.3, -0.25) is 4.79 Å². The number of carbonyl (C=O) groups is 1. The standard InChI is InChI=1S/C26H29N3O2/c1-29(2)16-6-15-27-26(30)24-21-7-4-5-8-23(21)28-25-19(11-14-22(24)25)17-18-9-12-20(31-3)13-10-18/h4-5,7-10,12-13,17H,6,11,14-16H2,1-3H3,(H,27,30)/b19-17-. The summed E-state index contributed by atoms with van der Waals surface area (Å²) in [6.07, 6.45) is 4.81. The number of hydrogen-bond donors (Lipinski definition) is 1. The van der Waals surface area contributed by atoms with Gasteiger partial charge in [-0.1, -0.05) is 30.3 Å². The molecule has 0 spiro atoms. The van der Waals surface area contributed by atoms with Crippen LogP contribution in [0.5, 0.6) is 5.75 Å². The molecule has 1 amide bonds. The first kappa shape index (κ1) is 21.1. The maximum Gasteiger partial charge on any atom is 0.252 e. The van der Waals surface area contributed by atoms with E-state index >= 15 is 0 Å². The van der Waals surface area contributed by atoms with E-state index in [1.165, 1.54) is 5.57 Å². The van der Waals surface area contributed by atoms with E-state index in [4.69, 9.17) is 9.72 Å². The van der Waals surface area contributed by atoms with Crippen molar-refractivity contribution in [2.45, 2.75) is 19.3 Å². The van der Waals surface area contributed by atoms with Crippen LogP contribution in [0.15, 0.2) is 48.5 Å². The molecule has 0 unspecified atom stereocenters. The molecule has 5 nitrogen and oxygen atoms in total. The molecular weight excluding hydrogens is 386 g/mol. The van der Waals surface area contributed by atoms with Crippen molar-refractivity contribution in [2.24, 2.45) is 0 Å². The Morgan fingerprint density at radius 1 is 1.13 bits per heavy atom. The molecule has 0 aliphatic heterocycles. The molecular formula is C26H29N3O2. The Morgan fingerprint density at radius 3 is 2.65 bits per heavy atom. The van der Waals surface area contributed by atoms with E-state index in [0.717, 1.165) is 64.8 Å². The number of fused-ring (bicyclic) bond motifs is 2. The molecule has 3 aromatic rings. The van der Waals surface area contributed by atoms with E-state index in [2.05, 4.69) is 16.3 Å². The maximum absolute atomic E-state index is 13.2. The molecule has 1 aliphatic carbocycles. The number of benzene rings is 2. The molecule has 0 bridgehead atoms. The van der Waals surface area contributed by atoms with E-state index in [-0.39, 0.29) is 5.91 Å². The number of ether oxygens (including phenoxy) is 1. The average molecular weight is 416 g/mol. The maximum atomic E-state index is 13.2. The SMILES string of the molecule is COc1ccc(/C=C2/CCc3c2nc2ccccc2c3C(=O)NCCCN(C)C)cc1. The zero-order valence-electron chi connectivity index (χ0n) is 18.4. The third-order valence-electron chi connectivity index (χ3n) is 5.69. The number of hydrogen-bond acceptors (Lipinski definition) is 4. The largest absolute Gasteiger partial charge is 0.497 e. The third-order valence-corrected chi connectivity index (χ3v) is 5.69. The second-order valence-corrected chi connectivity index (χ2v) is 8.19. The van der Waals surface area contributed by atoms with Crippen molar-refractivity contribution < 1.29 is 9.53 Å². The summed E-state index contributed by atoms with van der Waals surface area (Å²) in [4.78, 5) is 20.3. The molecule has 0 atom stereocenters. The Labute approximate surface area is 183 Å². The summed E-state index contributed by atoms with van der Waals surface area (Å²) in [6, 6.07) is 16.0. The summed E-state index contributed by atoms with van der Waals surface area (Å²) in [7, 11) is 5.76. The molecule has 0 saturated carbocycles. The second-order valence-electron chi connectivity index (χ2n) is 8.19. The minimum atomic E-state index is -0.000645. The van der Waals surface area contributed by atoms with Gasteiger partial charge in [0, 0.05) is 11.9 Å². The Hall–Kier alpha value is -3.18. The van der Waals surface area contributed by atoms with Crippen molar-refractivity contribution >= 4 is 28.5 Å². The first-order valence-corrected chi connectivity index (χ1v) is 10.8. The van der Waals surface area contributed by atoms with Gasteiger partial charge >= 0.3 is 0 Å². The fraction of sp³-hybridized carbons (Fsp3) is 0.308. The lowest BCUT2D eigenvalue weighted by molar-refractivity contribution is 0.0953. The van der Waals surface area contributed by atoms with Crippen molar-refractivity contribution in [1.82, 2.24) is 15.2 Å². The van der Waals surface area contributed by atoms with Crippen LogP contribution in [0.2, 0.25) is 0 Å². The summed E-state index contributed by atoms with van der Waals surface area (Å²) in [5.74, 6) is 0.839. The summed E-state index contributed by atoms with van der Waals surface area (Å²) in [5.41, 5.74) is 5.93. The van der Waals surface area contributed by atoms with Gasteiger partial charge in [-0.25, -0.2) is 4.98 Å². The Bertz CT molecular complexity index is 1120. The van der Waals surface area contributed by atoms with Gasteiger partial charge in [0.15, 0.2) is 0 Å². The number of aromatic nitrogens is 1. The molecule has 160 valence electrons. The zero-order valence-corrected chi connectivity index (χ0v) is 18.4. The van der Waals surface area contributed by atoms with Gasteiger partial charge in [-0.05, 0) is 80.9 Å². The van der Waals surface area contributed by atoms with Crippen LogP contribution in [-0.4, -0.2) is 50.1 Å². The molecule has 1 aromatic heterocycles. The molecule has 2 aromatic carbocycles. The van der Waals surface area contributed by atoms with E-state index in [0.29, 0.717) is 6.54 Å². The molecule has 0 fully saturated rings. The van der Waals surface area contributed by atoms with E-state index < -0.39 is 0 Å². The second kappa shape index (κ2) is 9.31. The first-order valence-electron chi connectivity index (χ1n) is 10.8. The highest BCUT2D eigenvalue weighted by Gasteiger charge is 2.26. The normalized spacial score (nSPS) is 14.3. The van der Waals surface area contributed by atoms with E-state index in [9.17, 15) is 4.79 Å². The van der Waals surface area contributed by atoms with Crippen molar-refractivity contribution in [3.63, 3.8) is 0 Å². The summed E-state index contributed by atoms with van der Waals surface area (Å²) in [5, 5.41) is 4.05. The number of methoxy groups -OCH3 is 1. The third kappa shape index (κ3) is 4.62. The highest BCUT2D eigenvalue weighted by molar-refractivity contribution is 6.09. The van der Waals surface area contributed by atoms with E-state index in [1.807, 2.05) is 62.6 Å². The number of rotatable bonds is 7. The fourth-order valence-corrected chi connectivity index (χ4v) is 4.13. The van der Waals surface area contributed by atoms with Crippen LogP contribution in [-0.2, 0) is 6.42 Å². The highest BCUT2D eigenvalue weighted by atomic mass is 16.5. The predicted molar refractivity (Wildman–Crippen MR) is 126 cm³/mol. The fourth-order valence-electron chi connectivity index (χ4n) is 4.13. The van der Waals surface area contributed by atoms with Crippen molar-refractivity contribution in [3.05, 3.63) is 70.9 Å². The van der Waals surface area contributed by atoms with Crippen LogP contribution in [0.1, 0.15) is 40.0 Å².